The SMILES string of the molecule is C[C@H](O)c1ccc(N2CCCC3CCCCC32)cn1. The molecule has 0 amide bonds. The van der Waals surface area contributed by atoms with Crippen LogP contribution in [0.15, 0.2) is 18.3 Å². The summed E-state index contributed by atoms with van der Waals surface area (Å²) in [6.07, 6.45) is 9.70. The highest BCUT2D eigenvalue weighted by Gasteiger charge is 2.33. The Labute approximate surface area is 115 Å². The van der Waals surface area contributed by atoms with E-state index in [4.69, 9.17) is 0 Å². The van der Waals surface area contributed by atoms with Gasteiger partial charge in [0.05, 0.1) is 23.7 Å². The van der Waals surface area contributed by atoms with Crippen molar-refractivity contribution in [3.63, 3.8) is 0 Å². The fourth-order valence-corrected chi connectivity index (χ4v) is 3.76. The quantitative estimate of drug-likeness (QED) is 0.886. The number of aliphatic hydroxyl groups is 1. The van der Waals surface area contributed by atoms with Crippen LogP contribution in [0.25, 0.3) is 0 Å². The predicted octanol–water partition coefficient (Wildman–Crippen LogP) is 3.29. The molecule has 0 spiro atoms. The van der Waals surface area contributed by atoms with E-state index in [2.05, 4.69) is 16.0 Å². The van der Waals surface area contributed by atoms with E-state index >= 15 is 0 Å². The molecule has 1 N–H and O–H groups in total. The third kappa shape index (κ3) is 2.62. The van der Waals surface area contributed by atoms with E-state index in [1.807, 2.05) is 12.3 Å². The molecule has 3 heteroatoms. The minimum absolute atomic E-state index is 0.474. The molecule has 1 aromatic heterocycles. The summed E-state index contributed by atoms with van der Waals surface area (Å²) in [6, 6.07) is 4.82. The summed E-state index contributed by atoms with van der Waals surface area (Å²) in [7, 11) is 0. The van der Waals surface area contributed by atoms with Crippen molar-refractivity contribution < 1.29 is 5.11 Å². The topological polar surface area (TPSA) is 36.4 Å². The maximum Gasteiger partial charge on any atom is 0.0931 e. The van der Waals surface area contributed by atoms with Gasteiger partial charge in [-0.2, -0.15) is 0 Å². The average molecular weight is 260 g/mol. The molecule has 0 radical (unpaired) electrons. The van der Waals surface area contributed by atoms with Gasteiger partial charge in [0.1, 0.15) is 0 Å². The van der Waals surface area contributed by atoms with Crippen molar-refractivity contribution in [3.05, 3.63) is 24.0 Å². The van der Waals surface area contributed by atoms with E-state index in [1.165, 1.54) is 44.2 Å². The van der Waals surface area contributed by atoms with Crippen molar-refractivity contribution in [1.82, 2.24) is 4.98 Å². The fraction of sp³-hybridized carbons (Fsp3) is 0.688. The Kier molecular flexibility index (Phi) is 3.74. The zero-order valence-corrected chi connectivity index (χ0v) is 11.8. The lowest BCUT2D eigenvalue weighted by molar-refractivity contribution is 0.194. The van der Waals surface area contributed by atoms with Crippen LogP contribution in [-0.4, -0.2) is 22.7 Å². The van der Waals surface area contributed by atoms with Gasteiger partial charge in [-0.05, 0) is 50.7 Å². The monoisotopic (exact) mass is 260 g/mol. The van der Waals surface area contributed by atoms with Gasteiger partial charge in [-0.1, -0.05) is 12.8 Å². The lowest BCUT2D eigenvalue weighted by Gasteiger charge is -2.45. The number of piperidine rings is 1. The second-order valence-corrected chi connectivity index (χ2v) is 6.06. The van der Waals surface area contributed by atoms with Gasteiger partial charge in [0.25, 0.3) is 0 Å². The second kappa shape index (κ2) is 5.49. The molecule has 2 heterocycles. The average Bonchev–Trinajstić information content (AvgIpc) is 2.47. The normalized spacial score (nSPS) is 28.8. The van der Waals surface area contributed by atoms with Crippen LogP contribution < -0.4 is 4.90 Å². The van der Waals surface area contributed by atoms with Gasteiger partial charge in [-0.25, -0.2) is 0 Å². The van der Waals surface area contributed by atoms with Crippen LogP contribution in [-0.2, 0) is 0 Å². The van der Waals surface area contributed by atoms with Gasteiger partial charge in [0.15, 0.2) is 0 Å². The molecule has 2 fully saturated rings. The number of hydrogen-bond acceptors (Lipinski definition) is 3. The van der Waals surface area contributed by atoms with Crippen LogP contribution >= 0.6 is 0 Å². The number of pyridine rings is 1. The Hall–Kier alpha value is -1.09. The maximum atomic E-state index is 9.54. The van der Waals surface area contributed by atoms with E-state index in [-0.39, 0.29) is 0 Å². The molecule has 0 bridgehead atoms. The molecule has 3 nitrogen and oxygen atoms in total. The first-order chi connectivity index (χ1) is 9.25. The first-order valence-electron chi connectivity index (χ1n) is 7.66. The van der Waals surface area contributed by atoms with Crippen molar-refractivity contribution in [1.29, 1.82) is 0 Å². The van der Waals surface area contributed by atoms with Gasteiger partial charge >= 0.3 is 0 Å². The third-order valence-corrected chi connectivity index (χ3v) is 4.77. The van der Waals surface area contributed by atoms with E-state index < -0.39 is 6.10 Å². The third-order valence-electron chi connectivity index (χ3n) is 4.77. The van der Waals surface area contributed by atoms with Crippen molar-refractivity contribution in [2.24, 2.45) is 5.92 Å². The highest BCUT2D eigenvalue weighted by Crippen LogP contribution is 2.37. The van der Waals surface area contributed by atoms with E-state index in [9.17, 15) is 5.11 Å². The van der Waals surface area contributed by atoms with E-state index in [0.717, 1.165) is 24.2 Å². The van der Waals surface area contributed by atoms with Crippen LogP contribution in [0, 0.1) is 5.92 Å². The molecular formula is C16H24N2O. The molecular weight excluding hydrogens is 236 g/mol. The molecule has 3 atom stereocenters. The van der Waals surface area contributed by atoms with Crippen LogP contribution in [0.3, 0.4) is 0 Å². The van der Waals surface area contributed by atoms with Gasteiger partial charge in [-0.3, -0.25) is 4.98 Å². The number of aromatic nitrogens is 1. The van der Waals surface area contributed by atoms with Crippen molar-refractivity contribution >= 4 is 5.69 Å². The molecule has 3 rings (SSSR count). The smallest absolute Gasteiger partial charge is 0.0931 e. The Morgan fingerprint density at radius 2 is 2.00 bits per heavy atom. The Morgan fingerprint density at radius 3 is 2.74 bits per heavy atom. The van der Waals surface area contributed by atoms with Crippen LogP contribution in [0.4, 0.5) is 5.69 Å². The highest BCUT2D eigenvalue weighted by molar-refractivity contribution is 5.46. The van der Waals surface area contributed by atoms with Crippen LogP contribution in [0.5, 0.6) is 0 Å². The van der Waals surface area contributed by atoms with Crippen LogP contribution in [0.2, 0.25) is 0 Å². The molecule has 2 unspecified atom stereocenters. The lowest BCUT2D eigenvalue weighted by atomic mass is 9.78. The summed E-state index contributed by atoms with van der Waals surface area (Å²) in [4.78, 5) is 6.96. The second-order valence-electron chi connectivity index (χ2n) is 6.06. The predicted molar refractivity (Wildman–Crippen MR) is 77.2 cm³/mol. The molecule has 1 saturated carbocycles. The number of fused-ring (bicyclic) bond motifs is 1. The van der Waals surface area contributed by atoms with Crippen LogP contribution in [0.1, 0.15) is 57.2 Å². The Morgan fingerprint density at radius 1 is 1.21 bits per heavy atom. The summed E-state index contributed by atoms with van der Waals surface area (Å²) >= 11 is 0. The van der Waals surface area contributed by atoms with Gasteiger partial charge < -0.3 is 10.0 Å². The molecule has 1 aromatic rings. The zero-order valence-electron chi connectivity index (χ0n) is 11.8. The van der Waals surface area contributed by atoms with Crippen molar-refractivity contribution in [2.45, 2.75) is 57.6 Å². The minimum Gasteiger partial charge on any atom is -0.387 e. The van der Waals surface area contributed by atoms with Crippen molar-refractivity contribution in [2.75, 3.05) is 11.4 Å². The summed E-state index contributed by atoms with van der Waals surface area (Å²) in [6.45, 7) is 2.93. The molecule has 1 aliphatic carbocycles. The van der Waals surface area contributed by atoms with Gasteiger partial charge in [0.2, 0.25) is 0 Å². The molecule has 2 aliphatic rings. The number of hydrogen-bond donors (Lipinski definition) is 1. The summed E-state index contributed by atoms with van der Waals surface area (Å²) in [5.74, 6) is 0.888. The molecule has 1 aliphatic heterocycles. The highest BCUT2D eigenvalue weighted by atomic mass is 16.3. The summed E-state index contributed by atoms with van der Waals surface area (Å²) < 4.78 is 0. The molecule has 1 saturated heterocycles. The Balaban J connectivity index is 1.79. The molecule has 104 valence electrons. The largest absolute Gasteiger partial charge is 0.387 e. The number of rotatable bonds is 2. The summed E-state index contributed by atoms with van der Waals surface area (Å²) in [5.41, 5.74) is 2.00. The van der Waals surface area contributed by atoms with Crippen molar-refractivity contribution in [3.8, 4) is 0 Å². The van der Waals surface area contributed by atoms with E-state index in [0.29, 0.717) is 0 Å². The first-order valence-corrected chi connectivity index (χ1v) is 7.66. The number of aliphatic hydroxyl groups excluding tert-OH is 1. The number of nitrogens with zero attached hydrogens (tertiary/aromatic N) is 2. The lowest BCUT2D eigenvalue weighted by Crippen LogP contribution is -2.46. The molecule has 19 heavy (non-hydrogen) atoms. The summed E-state index contributed by atoms with van der Waals surface area (Å²) in [5, 5.41) is 9.54. The maximum absolute atomic E-state index is 9.54. The van der Waals surface area contributed by atoms with Gasteiger partial charge in [0, 0.05) is 12.6 Å². The Bertz CT molecular complexity index is 413. The fourth-order valence-electron chi connectivity index (χ4n) is 3.76. The van der Waals surface area contributed by atoms with Gasteiger partial charge in [-0.15, -0.1) is 0 Å². The number of anilines is 1. The minimum atomic E-state index is -0.474. The standard InChI is InChI=1S/C16H24N2O/c1-12(19)15-9-8-14(11-17-15)18-10-4-6-13-5-2-3-7-16(13)18/h8-9,11-13,16,19H,2-7,10H2,1H3/t12-,13?,16?/m0/s1. The zero-order chi connectivity index (χ0) is 13.2. The first kappa shape index (κ1) is 12.9. The van der Waals surface area contributed by atoms with E-state index in [1.54, 1.807) is 6.92 Å². The molecule has 0 aromatic carbocycles.